The maximum atomic E-state index is 12.3. The molecule has 186 valence electrons. The van der Waals surface area contributed by atoms with Crippen molar-refractivity contribution in [1.82, 2.24) is 0 Å². The van der Waals surface area contributed by atoms with E-state index in [9.17, 15) is 24.0 Å². The molecule has 1 heterocycles. The van der Waals surface area contributed by atoms with Crippen LogP contribution in [0.2, 0.25) is 0 Å². The molecule has 0 radical (unpaired) electrons. The molecule has 1 saturated heterocycles. The van der Waals surface area contributed by atoms with Crippen LogP contribution in [-0.4, -0.2) is 66.5 Å². The molecule has 0 bridgehead atoms. The molecular weight excluding hydrogens is 472 g/mol. The summed E-state index contributed by atoms with van der Waals surface area (Å²) in [4.78, 5) is 59.0. The smallest absolute Gasteiger partial charge is 0.367 e. The Kier molecular flexibility index (Phi) is 10.3. The zero-order chi connectivity index (χ0) is 25.3. The first-order chi connectivity index (χ1) is 16.1. The van der Waals surface area contributed by atoms with Gasteiger partial charge in [-0.15, -0.1) is 0 Å². The summed E-state index contributed by atoms with van der Waals surface area (Å²) in [5, 5.41) is -0.635. The highest BCUT2D eigenvalue weighted by Crippen LogP contribution is 2.30. The van der Waals surface area contributed by atoms with Gasteiger partial charge in [-0.25, -0.2) is 4.79 Å². The molecule has 1 aromatic rings. The normalized spacial score (nSPS) is 23.8. The number of carbonyl (C=O) groups is 5. The van der Waals surface area contributed by atoms with Crippen LogP contribution in [0.25, 0.3) is 0 Å². The predicted molar refractivity (Wildman–Crippen MR) is 116 cm³/mol. The summed E-state index contributed by atoms with van der Waals surface area (Å²) in [6, 6.07) is 9.23. The van der Waals surface area contributed by atoms with Gasteiger partial charge in [-0.05, 0) is 17.3 Å². The summed E-state index contributed by atoms with van der Waals surface area (Å²) in [6.07, 6.45) is -6.88. The van der Waals surface area contributed by atoms with Crippen LogP contribution in [0.4, 0.5) is 4.79 Å². The van der Waals surface area contributed by atoms with Crippen LogP contribution in [0.15, 0.2) is 30.3 Å². The van der Waals surface area contributed by atoms with Crippen LogP contribution in [0.1, 0.15) is 33.3 Å². The van der Waals surface area contributed by atoms with Crippen LogP contribution in [0.3, 0.4) is 0 Å². The highest BCUT2D eigenvalue weighted by molar-refractivity contribution is 8.12. The number of esters is 4. The van der Waals surface area contributed by atoms with Crippen LogP contribution in [0.5, 0.6) is 0 Å². The molecule has 12 heteroatoms. The Morgan fingerprint density at radius 3 is 1.85 bits per heavy atom. The minimum Gasteiger partial charge on any atom is -0.455 e. The zero-order valence-corrected chi connectivity index (χ0v) is 19.9. The Morgan fingerprint density at radius 1 is 0.765 bits per heavy atom. The maximum absolute atomic E-state index is 12.3. The van der Waals surface area contributed by atoms with E-state index in [-0.39, 0.29) is 0 Å². The van der Waals surface area contributed by atoms with E-state index in [4.69, 9.17) is 28.4 Å². The van der Waals surface area contributed by atoms with Gasteiger partial charge in [0.25, 0.3) is 0 Å². The average molecular weight is 499 g/mol. The molecule has 0 aliphatic carbocycles. The number of thioether (sulfide) groups is 1. The topological polar surface area (TPSA) is 141 Å². The van der Waals surface area contributed by atoms with Gasteiger partial charge < -0.3 is 28.4 Å². The third-order valence-corrected chi connectivity index (χ3v) is 5.18. The Labute approximate surface area is 200 Å². The average Bonchev–Trinajstić information content (AvgIpc) is 2.74. The molecule has 0 spiro atoms. The molecule has 1 aromatic carbocycles. The SMILES string of the molecule is CC(=O)O[C@H]1O[C@H](COC(=O)SCc2ccccc2)[C@H](OC(C)=O)[C@H](OC(C)=O)[C@H]1OC(C)=O. The van der Waals surface area contributed by atoms with Gasteiger partial charge in [-0.2, -0.15) is 0 Å². The quantitative estimate of drug-likeness (QED) is 0.383. The molecule has 0 aromatic heterocycles. The van der Waals surface area contributed by atoms with Gasteiger partial charge in [-0.3, -0.25) is 19.2 Å². The second-order valence-corrected chi connectivity index (χ2v) is 8.12. The molecule has 1 aliphatic heterocycles. The fourth-order valence-corrected chi connectivity index (χ4v) is 3.78. The van der Waals surface area contributed by atoms with Crippen molar-refractivity contribution in [2.45, 2.75) is 64.2 Å². The van der Waals surface area contributed by atoms with Gasteiger partial charge in [0.1, 0.15) is 12.7 Å². The van der Waals surface area contributed by atoms with Crippen molar-refractivity contribution in [2.75, 3.05) is 6.61 Å². The third kappa shape index (κ3) is 8.67. The van der Waals surface area contributed by atoms with Gasteiger partial charge in [0, 0.05) is 33.4 Å². The van der Waals surface area contributed by atoms with Crippen molar-refractivity contribution >= 4 is 40.9 Å². The highest BCUT2D eigenvalue weighted by Gasteiger charge is 2.53. The first kappa shape index (κ1) is 27.1. The van der Waals surface area contributed by atoms with Gasteiger partial charge in [0.05, 0.1) is 0 Å². The maximum Gasteiger partial charge on any atom is 0.367 e. The van der Waals surface area contributed by atoms with E-state index in [1.165, 1.54) is 0 Å². The number of hydrogen-bond acceptors (Lipinski definition) is 12. The minimum atomic E-state index is -1.52. The number of ether oxygens (including phenoxy) is 6. The lowest BCUT2D eigenvalue weighted by Gasteiger charge is -2.43. The standard InChI is InChI=1S/C22H26O11S/c1-12(23)29-18-17(10-28-22(27)34-11-16-8-6-5-7-9-16)33-21(32-15(4)26)20(31-14(3)25)19(18)30-13(2)24/h5-9,17-21H,10-11H2,1-4H3/t17-,18+,19+,20-,21+/m1/s1. The fraction of sp³-hybridized carbons (Fsp3) is 0.500. The summed E-state index contributed by atoms with van der Waals surface area (Å²) < 4.78 is 31.7. The lowest BCUT2D eigenvalue weighted by atomic mass is 9.98. The Balaban J connectivity index is 2.21. The van der Waals surface area contributed by atoms with Gasteiger partial charge in [-0.1, -0.05) is 30.3 Å². The summed E-state index contributed by atoms with van der Waals surface area (Å²) in [5.41, 5.74) is 0.908. The molecule has 2 rings (SSSR count). The van der Waals surface area contributed by atoms with E-state index < -0.39 is 66.5 Å². The highest BCUT2D eigenvalue weighted by atomic mass is 32.2. The first-order valence-corrected chi connectivity index (χ1v) is 11.2. The van der Waals surface area contributed by atoms with E-state index in [2.05, 4.69) is 0 Å². The second-order valence-electron chi connectivity index (χ2n) is 7.21. The molecule has 11 nitrogen and oxygen atoms in total. The Morgan fingerprint density at radius 2 is 1.29 bits per heavy atom. The molecule has 0 amide bonds. The lowest BCUT2D eigenvalue weighted by molar-refractivity contribution is -0.299. The molecular formula is C22H26O11S. The Hall–Kier alpha value is -3.12. The Bertz CT molecular complexity index is 888. The van der Waals surface area contributed by atoms with E-state index in [0.717, 1.165) is 45.0 Å². The van der Waals surface area contributed by atoms with Gasteiger partial charge in [0.2, 0.25) is 12.4 Å². The molecule has 0 unspecified atom stereocenters. The van der Waals surface area contributed by atoms with Crippen molar-refractivity contribution in [1.29, 1.82) is 0 Å². The van der Waals surface area contributed by atoms with Crippen molar-refractivity contribution in [3.8, 4) is 0 Å². The van der Waals surface area contributed by atoms with Gasteiger partial charge in [0.15, 0.2) is 12.2 Å². The first-order valence-electron chi connectivity index (χ1n) is 10.2. The lowest BCUT2D eigenvalue weighted by Crippen LogP contribution is -2.63. The van der Waals surface area contributed by atoms with Crippen LogP contribution in [-0.2, 0) is 53.4 Å². The van der Waals surface area contributed by atoms with Crippen molar-refractivity contribution in [3.63, 3.8) is 0 Å². The molecule has 0 N–H and O–H groups in total. The van der Waals surface area contributed by atoms with Crippen molar-refractivity contribution in [2.24, 2.45) is 0 Å². The van der Waals surface area contributed by atoms with E-state index >= 15 is 0 Å². The molecule has 1 aliphatic rings. The van der Waals surface area contributed by atoms with Crippen molar-refractivity contribution < 1.29 is 52.4 Å². The number of rotatable bonds is 8. The second kappa shape index (κ2) is 12.9. The monoisotopic (exact) mass is 498 g/mol. The van der Waals surface area contributed by atoms with E-state index in [0.29, 0.717) is 5.75 Å². The molecule has 1 fully saturated rings. The summed E-state index contributed by atoms with van der Waals surface area (Å²) in [6.45, 7) is 3.97. The van der Waals surface area contributed by atoms with Crippen LogP contribution >= 0.6 is 11.8 Å². The summed E-state index contributed by atoms with van der Waals surface area (Å²) >= 11 is 0.901. The van der Waals surface area contributed by atoms with Gasteiger partial charge >= 0.3 is 29.2 Å². The minimum absolute atomic E-state index is 0.360. The molecule has 34 heavy (non-hydrogen) atoms. The number of carbonyl (C=O) groups excluding carboxylic acids is 5. The number of hydrogen-bond donors (Lipinski definition) is 0. The van der Waals surface area contributed by atoms with E-state index in [1.54, 1.807) is 0 Å². The van der Waals surface area contributed by atoms with E-state index in [1.807, 2.05) is 30.3 Å². The summed E-state index contributed by atoms with van der Waals surface area (Å²) in [7, 11) is 0. The third-order valence-electron chi connectivity index (χ3n) is 4.34. The van der Waals surface area contributed by atoms with Crippen molar-refractivity contribution in [3.05, 3.63) is 35.9 Å². The number of benzene rings is 1. The summed E-state index contributed by atoms with van der Waals surface area (Å²) in [5.74, 6) is -2.74. The molecule has 0 saturated carbocycles. The van der Waals surface area contributed by atoms with Crippen LogP contribution < -0.4 is 0 Å². The fourth-order valence-electron chi connectivity index (χ4n) is 3.16. The predicted octanol–water partition coefficient (Wildman–Crippen LogP) is 2.14. The largest absolute Gasteiger partial charge is 0.455 e. The molecule has 5 atom stereocenters. The van der Waals surface area contributed by atoms with Crippen LogP contribution in [0, 0.1) is 0 Å². The zero-order valence-electron chi connectivity index (χ0n) is 19.1.